The van der Waals surface area contributed by atoms with Crippen LogP contribution in [0.5, 0.6) is 0 Å². The van der Waals surface area contributed by atoms with Gasteiger partial charge in [-0.05, 0) is 18.2 Å². The second kappa shape index (κ2) is 3.06. The van der Waals surface area contributed by atoms with Crippen molar-refractivity contribution < 1.29 is 5.11 Å². The van der Waals surface area contributed by atoms with Crippen LogP contribution in [-0.4, -0.2) is 19.9 Å². The number of nitrogens with zero attached hydrogens (tertiary/aromatic N) is 2. The number of aryl methyl sites for hydroxylation is 1. The zero-order valence-electron chi connectivity index (χ0n) is 7.31. The Bertz CT molecular complexity index is 377. The third-order valence-corrected chi connectivity index (χ3v) is 2.06. The van der Waals surface area contributed by atoms with Crippen LogP contribution in [-0.2, 0) is 7.05 Å². The van der Waals surface area contributed by atoms with E-state index in [2.05, 4.69) is 10.1 Å². The molecule has 68 valence electrons. The zero-order valence-corrected chi connectivity index (χ0v) is 7.31. The van der Waals surface area contributed by atoms with Crippen molar-refractivity contribution in [3.05, 3.63) is 42.0 Å². The van der Waals surface area contributed by atoms with Gasteiger partial charge < -0.3 is 10.1 Å². The van der Waals surface area contributed by atoms with Crippen LogP contribution in [0.3, 0.4) is 0 Å². The summed E-state index contributed by atoms with van der Waals surface area (Å²) < 4.78 is 1.66. The highest BCUT2D eigenvalue weighted by atomic mass is 16.3. The van der Waals surface area contributed by atoms with Gasteiger partial charge in [-0.1, -0.05) is 0 Å². The molecule has 2 N–H and O–H groups in total. The minimum absolute atomic E-state index is 0.623. The summed E-state index contributed by atoms with van der Waals surface area (Å²) >= 11 is 0. The Kier molecular flexibility index (Phi) is 1.90. The SMILES string of the molecule is Cn1nccc1C(O)c1ccc[nH]1. The highest BCUT2D eigenvalue weighted by molar-refractivity contribution is 5.18. The van der Waals surface area contributed by atoms with Crippen LogP contribution in [0.1, 0.15) is 17.5 Å². The summed E-state index contributed by atoms with van der Waals surface area (Å²) in [5.74, 6) is 0. The van der Waals surface area contributed by atoms with E-state index in [-0.39, 0.29) is 0 Å². The first-order valence-electron chi connectivity index (χ1n) is 4.08. The van der Waals surface area contributed by atoms with E-state index in [1.54, 1.807) is 23.1 Å². The number of aromatic nitrogens is 3. The molecule has 0 radical (unpaired) electrons. The van der Waals surface area contributed by atoms with Crippen molar-refractivity contribution in [3.63, 3.8) is 0 Å². The van der Waals surface area contributed by atoms with Gasteiger partial charge in [0, 0.05) is 19.4 Å². The third-order valence-electron chi connectivity index (χ3n) is 2.06. The molecule has 0 saturated heterocycles. The number of H-pyrrole nitrogens is 1. The Labute approximate surface area is 75.8 Å². The van der Waals surface area contributed by atoms with Gasteiger partial charge in [0.1, 0.15) is 6.10 Å². The van der Waals surface area contributed by atoms with Gasteiger partial charge in [-0.2, -0.15) is 5.10 Å². The van der Waals surface area contributed by atoms with Crippen LogP contribution in [0.2, 0.25) is 0 Å². The lowest BCUT2D eigenvalue weighted by molar-refractivity contribution is 0.205. The molecule has 0 aliphatic rings. The van der Waals surface area contributed by atoms with E-state index in [1.807, 2.05) is 19.2 Å². The number of aliphatic hydroxyl groups is 1. The van der Waals surface area contributed by atoms with Crippen LogP contribution >= 0.6 is 0 Å². The number of aliphatic hydroxyl groups excluding tert-OH is 1. The minimum atomic E-state index is -0.623. The zero-order chi connectivity index (χ0) is 9.26. The smallest absolute Gasteiger partial charge is 0.135 e. The van der Waals surface area contributed by atoms with Gasteiger partial charge in [-0.25, -0.2) is 0 Å². The molecule has 2 heterocycles. The molecule has 13 heavy (non-hydrogen) atoms. The summed E-state index contributed by atoms with van der Waals surface area (Å²) in [6.45, 7) is 0. The van der Waals surface area contributed by atoms with Crippen LogP contribution in [0.15, 0.2) is 30.6 Å². The average Bonchev–Trinajstić information content (AvgIpc) is 2.72. The van der Waals surface area contributed by atoms with Gasteiger partial charge in [0.05, 0.1) is 11.4 Å². The van der Waals surface area contributed by atoms with Crippen molar-refractivity contribution in [2.24, 2.45) is 7.05 Å². The Balaban J connectivity index is 2.33. The minimum Gasteiger partial charge on any atom is -0.381 e. The number of hydrogen-bond acceptors (Lipinski definition) is 2. The maximum absolute atomic E-state index is 9.86. The van der Waals surface area contributed by atoms with Crippen molar-refractivity contribution in [1.29, 1.82) is 0 Å². The molecular weight excluding hydrogens is 166 g/mol. The van der Waals surface area contributed by atoms with Gasteiger partial charge >= 0.3 is 0 Å². The molecule has 0 bridgehead atoms. The van der Waals surface area contributed by atoms with E-state index in [0.29, 0.717) is 0 Å². The number of aromatic amines is 1. The molecule has 4 heteroatoms. The molecule has 1 atom stereocenters. The molecule has 0 amide bonds. The van der Waals surface area contributed by atoms with Crippen LogP contribution in [0.4, 0.5) is 0 Å². The molecule has 0 spiro atoms. The first-order valence-corrected chi connectivity index (χ1v) is 4.08. The Hall–Kier alpha value is -1.55. The molecule has 2 aromatic heterocycles. The van der Waals surface area contributed by atoms with Crippen molar-refractivity contribution in [2.45, 2.75) is 6.10 Å². The number of hydrogen-bond donors (Lipinski definition) is 2. The second-order valence-electron chi connectivity index (χ2n) is 2.91. The molecule has 0 aliphatic carbocycles. The molecule has 0 saturated carbocycles. The van der Waals surface area contributed by atoms with E-state index < -0.39 is 6.10 Å². The maximum atomic E-state index is 9.86. The Morgan fingerprint density at radius 2 is 2.38 bits per heavy atom. The standard InChI is InChI=1S/C9H11N3O/c1-12-8(4-6-11-12)9(13)7-3-2-5-10-7/h2-6,9-10,13H,1H3. The largest absolute Gasteiger partial charge is 0.381 e. The topological polar surface area (TPSA) is 53.8 Å². The van der Waals surface area contributed by atoms with E-state index in [1.165, 1.54) is 0 Å². The second-order valence-corrected chi connectivity index (χ2v) is 2.91. The van der Waals surface area contributed by atoms with Crippen molar-refractivity contribution in [1.82, 2.24) is 14.8 Å². The molecule has 0 aromatic carbocycles. The molecule has 4 nitrogen and oxygen atoms in total. The summed E-state index contributed by atoms with van der Waals surface area (Å²) in [6.07, 6.45) is 2.83. The van der Waals surface area contributed by atoms with E-state index in [9.17, 15) is 5.11 Å². The fourth-order valence-corrected chi connectivity index (χ4v) is 1.33. The monoisotopic (exact) mass is 177 g/mol. The van der Waals surface area contributed by atoms with Crippen LogP contribution in [0.25, 0.3) is 0 Å². The normalized spacial score (nSPS) is 13.1. The highest BCUT2D eigenvalue weighted by Crippen LogP contribution is 2.18. The van der Waals surface area contributed by atoms with Crippen molar-refractivity contribution >= 4 is 0 Å². The summed E-state index contributed by atoms with van der Waals surface area (Å²) in [5.41, 5.74) is 1.56. The van der Waals surface area contributed by atoms with E-state index in [0.717, 1.165) is 11.4 Å². The van der Waals surface area contributed by atoms with Crippen LogP contribution < -0.4 is 0 Å². The Morgan fingerprint density at radius 1 is 1.54 bits per heavy atom. The predicted molar refractivity (Wildman–Crippen MR) is 48.1 cm³/mol. The van der Waals surface area contributed by atoms with Gasteiger partial charge in [-0.15, -0.1) is 0 Å². The quantitative estimate of drug-likeness (QED) is 0.713. The lowest BCUT2D eigenvalue weighted by atomic mass is 10.2. The molecule has 2 aromatic rings. The van der Waals surface area contributed by atoms with Crippen molar-refractivity contribution in [2.75, 3.05) is 0 Å². The lowest BCUT2D eigenvalue weighted by Crippen LogP contribution is -2.06. The lowest BCUT2D eigenvalue weighted by Gasteiger charge is -2.08. The summed E-state index contributed by atoms with van der Waals surface area (Å²) in [6, 6.07) is 5.50. The third kappa shape index (κ3) is 1.36. The molecular formula is C9H11N3O. The summed E-state index contributed by atoms with van der Waals surface area (Å²) in [7, 11) is 1.81. The van der Waals surface area contributed by atoms with Crippen molar-refractivity contribution in [3.8, 4) is 0 Å². The maximum Gasteiger partial charge on any atom is 0.135 e. The molecule has 2 rings (SSSR count). The average molecular weight is 177 g/mol. The van der Waals surface area contributed by atoms with Gasteiger partial charge in [0.25, 0.3) is 0 Å². The van der Waals surface area contributed by atoms with E-state index in [4.69, 9.17) is 0 Å². The van der Waals surface area contributed by atoms with E-state index >= 15 is 0 Å². The summed E-state index contributed by atoms with van der Waals surface area (Å²) in [4.78, 5) is 2.96. The highest BCUT2D eigenvalue weighted by Gasteiger charge is 2.13. The first kappa shape index (κ1) is 8.07. The molecule has 0 aliphatic heterocycles. The van der Waals surface area contributed by atoms with Gasteiger partial charge in [0.15, 0.2) is 0 Å². The fraction of sp³-hybridized carbons (Fsp3) is 0.222. The van der Waals surface area contributed by atoms with Crippen LogP contribution in [0, 0.1) is 0 Å². The predicted octanol–water partition coefficient (Wildman–Crippen LogP) is 0.830. The van der Waals surface area contributed by atoms with Gasteiger partial charge in [-0.3, -0.25) is 4.68 Å². The molecule has 1 unspecified atom stereocenters. The number of rotatable bonds is 2. The first-order chi connectivity index (χ1) is 6.29. The molecule has 0 fully saturated rings. The Morgan fingerprint density at radius 3 is 2.92 bits per heavy atom. The van der Waals surface area contributed by atoms with Gasteiger partial charge in [0.2, 0.25) is 0 Å². The number of nitrogens with one attached hydrogen (secondary N) is 1. The summed E-state index contributed by atoms with van der Waals surface area (Å²) in [5, 5.41) is 13.8. The fourth-order valence-electron chi connectivity index (χ4n) is 1.33.